The van der Waals surface area contributed by atoms with Crippen LogP contribution in [0, 0.1) is 0 Å². The number of hydrogen-bond donors (Lipinski definition) is 0. The first kappa shape index (κ1) is 9.69. The molecule has 0 aromatic carbocycles. The van der Waals surface area contributed by atoms with E-state index < -0.39 is 8.07 Å². The van der Waals surface area contributed by atoms with Crippen molar-refractivity contribution in [3.8, 4) is 0 Å². The van der Waals surface area contributed by atoms with Crippen molar-refractivity contribution in [2.75, 3.05) is 13.2 Å². The summed E-state index contributed by atoms with van der Waals surface area (Å²) in [6, 6.07) is 0. The van der Waals surface area contributed by atoms with Crippen LogP contribution < -0.4 is 0 Å². The highest BCUT2D eigenvalue weighted by Crippen LogP contribution is 2.01. The molecule has 0 aliphatic rings. The van der Waals surface area contributed by atoms with Crippen molar-refractivity contribution in [3.05, 3.63) is 0 Å². The summed E-state index contributed by atoms with van der Waals surface area (Å²) in [5, 5.41) is 0. The smallest absolute Gasteiger partial charge is 0.218 e. The summed E-state index contributed by atoms with van der Waals surface area (Å²) in [7, 11) is 0.784. The highest BCUT2D eigenvalue weighted by Gasteiger charge is 2.16. The van der Waals surface area contributed by atoms with Crippen molar-refractivity contribution >= 4 is 14.0 Å². The molecule has 0 atom stereocenters. The van der Waals surface area contributed by atoms with Gasteiger partial charge in [-0.1, -0.05) is 19.6 Å². The number of hydrogen-bond acceptors (Lipinski definition) is 1. The lowest BCUT2D eigenvalue weighted by atomic mass is 10.6. The molecule has 0 spiro atoms. The van der Waals surface area contributed by atoms with E-state index in [1.165, 1.54) is 0 Å². The van der Waals surface area contributed by atoms with Gasteiger partial charge in [-0.2, -0.15) is 0 Å². The van der Waals surface area contributed by atoms with Gasteiger partial charge >= 0.3 is 0 Å². The van der Waals surface area contributed by atoms with Gasteiger partial charge in [-0.3, -0.25) is 4.79 Å². The largest absolute Gasteiger partial charge is 0.349 e. The number of rotatable bonds is 2. The van der Waals surface area contributed by atoms with Gasteiger partial charge in [-0.05, 0) is 0 Å². The van der Waals surface area contributed by atoms with Gasteiger partial charge in [-0.15, -0.1) is 0 Å². The lowest BCUT2D eigenvalue weighted by Gasteiger charge is -2.23. The molecule has 10 heavy (non-hydrogen) atoms. The van der Waals surface area contributed by atoms with Crippen LogP contribution in [0.15, 0.2) is 0 Å². The molecule has 0 aliphatic heterocycles. The molecule has 0 fully saturated rings. The molecule has 1 amide bonds. The van der Waals surface area contributed by atoms with Crippen LogP contribution in [-0.4, -0.2) is 32.1 Å². The molecular formula is C7H17NOSi. The standard InChI is InChI=1S/C7H17NOSi/c1-7(9)8(2)6-10(3,4)5/h6H2,1-5H3. The van der Waals surface area contributed by atoms with Crippen molar-refractivity contribution in [1.82, 2.24) is 4.90 Å². The molecule has 0 rings (SSSR count). The van der Waals surface area contributed by atoms with Crippen molar-refractivity contribution in [1.29, 1.82) is 0 Å². The maximum atomic E-state index is 10.8. The minimum atomic E-state index is -1.08. The minimum absolute atomic E-state index is 0.169. The number of carbonyl (C=O) groups is 1. The van der Waals surface area contributed by atoms with Gasteiger partial charge in [0.15, 0.2) is 0 Å². The summed E-state index contributed by atoms with van der Waals surface area (Å²) in [6.45, 7) is 8.38. The average Bonchev–Trinajstić information content (AvgIpc) is 1.60. The summed E-state index contributed by atoms with van der Waals surface area (Å²) in [4.78, 5) is 12.6. The topological polar surface area (TPSA) is 20.3 Å². The van der Waals surface area contributed by atoms with Crippen LogP contribution in [-0.2, 0) is 4.79 Å². The molecule has 0 radical (unpaired) electrons. The molecule has 0 saturated heterocycles. The number of amides is 1. The summed E-state index contributed by atoms with van der Waals surface area (Å²) >= 11 is 0. The van der Waals surface area contributed by atoms with Gasteiger partial charge in [0.05, 0.1) is 8.07 Å². The highest BCUT2D eigenvalue weighted by molar-refractivity contribution is 6.76. The highest BCUT2D eigenvalue weighted by atomic mass is 28.3. The quantitative estimate of drug-likeness (QED) is 0.557. The average molecular weight is 159 g/mol. The first-order chi connectivity index (χ1) is 4.33. The maximum Gasteiger partial charge on any atom is 0.218 e. The van der Waals surface area contributed by atoms with E-state index >= 15 is 0 Å². The van der Waals surface area contributed by atoms with Gasteiger partial charge in [0, 0.05) is 20.1 Å². The van der Waals surface area contributed by atoms with Crippen LogP contribution in [0.4, 0.5) is 0 Å². The summed E-state index contributed by atoms with van der Waals surface area (Å²) < 4.78 is 0. The zero-order valence-corrected chi connectivity index (χ0v) is 8.56. The predicted molar refractivity (Wildman–Crippen MR) is 46.7 cm³/mol. The lowest BCUT2D eigenvalue weighted by molar-refractivity contribution is -0.126. The third-order valence-corrected chi connectivity index (χ3v) is 2.67. The fourth-order valence-electron chi connectivity index (χ4n) is 0.823. The SMILES string of the molecule is CC(=O)N(C)C[Si](C)(C)C. The summed E-state index contributed by atoms with van der Waals surface area (Å²) in [5.74, 6) is 0.169. The molecule has 60 valence electrons. The molecule has 0 heterocycles. The van der Waals surface area contributed by atoms with E-state index in [4.69, 9.17) is 0 Å². The van der Waals surface area contributed by atoms with Crippen LogP contribution >= 0.6 is 0 Å². The fraction of sp³-hybridized carbons (Fsp3) is 0.857. The molecule has 0 aromatic rings. The van der Waals surface area contributed by atoms with Crippen LogP contribution in [0.3, 0.4) is 0 Å². The van der Waals surface area contributed by atoms with E-state index in [2.05, 4.69) is 19.6 Å². The third kappa shape index (κ3) is 4.55. The Morgan fingerprint density at radius 1 is 1.40 bits per heavy atom. The van der Waals surface area contributed by atoms with E-state index in [1.807, 2.05) is 7.05 Å². The van der Waals surface area contributed by atoms with Gasteiger partial charge < -0.3 is 4.90 Å². The Morgan fingerprint density at radius 2 is 1.80 bits per heavy atom. The maximum absolute atomic E-state index is 10.8. The molecule has 0 aromatic heterocycles. The van der Waals surface area contributed by atoms with E-state index in [0.29, 0.717) is 0 Å². The van der Waals surface area contributed by atoms with Gasteiger partial charge in [0.1, 0.15) is 0 Å². The number of nitrogens with zero attached hydrogens (tertiary/aromatic N) is 1. The first-order valence-electron chi connectivity index (χ1n) is 3.54. The zero-order chi connectivity index (χ0) is 8.36. The van der Waals surface area contributed by atoms with Crippen molar-refractivity contribution in [2.24, 2.45) is 0 Å². The van der Waals surface area contributed by atoms with Gasteiger partial charge in [0.25, 0.3) is 0 Å². The summed E-state index contributed by atoms with van der Waals surface area (Å²) in [5.41, 5.74) is 0. The van der Waals surface area contributed by atoms with Gasteiger partial charge in [0.2, 0.25) is 5.91 Å². The second-order valence-electron chi connectivity index (χ2n) is 3.94. The van der Waals surface area contributed by atoms with E-state index in [1.54, 1.807) is 11.8 Å². The molecule has 3 heteroatoms. The monoisotopic (exact) mass is 159 g/mol. The normalized spacial score (nSPS) is 11.3. The van der Waals surface area contributed by atoms with Crippen LogP contribution in [0.25, 0.3) is 0 Å². The van der Waals surface area contributed by atoms with Crippen LogP contribution in [0.5, 0.6) is 0 Å². The van der Waals surface area contributed by atoms with E-state index in [9.17, 15) is 4.79 Å². The van der Waals surface area contributed by atoms with E-state index in [0.717, 1.165) is 6.17 Å². The van der Waals surface area contributed by atoms with E-state index in [-0.39, 0.29) is 5.91 Å². The molecule has 0 saturated carbocycles. The predicted octanol–water partition coefficient (Wildman–Crippen LogP) is 1.34. The van der Waals surface area contributed by atoms with Crippen LogP contribution in [0.1, 0.15) is 6.92 Å². The molecule has 2 nitrogen and oxygen atoms in total. The third-order valence-electron chi connectivity index (χ3n) is 1.25. The second kappa shape index (κ2) is 3.19. The Kier molecular flexibility index (Phi) is 3.09. The first-order valence-corrected chi connectivity index (χ1v) is 7.25. The molecule has 0 bridgehead atoms. The Hall–Kier alpha value is -0.313. The van der Waals surface area contributed by atoms with Crippen molar-refractivity contribution in [3.63, 3.8) is 0 Å². The fourth-order valence-corrected chi connectivity index (χ4v) is 2.47. The molecular weight excluding hydrogens is 142 g/mol. The van der Waals surface area contributed by atoms with Crippen molar-refractivity contribution < 1.29 is 4.79 Å². The second-order valence-corrected chi connectivity index (χ2v) is 9.37. The minimum Gasteiger partial charge on any atom is -0.349 e. The van der Waals surface area contributed by atoms with Gasteiger partial charge in [-0.25, -0.2) is 0 Å². The lowest BCUT2D eigenvalue weighted by Crippen LogP contribution is -2.40. The Morgan fingerprint density at radius 3 is 1.90 bits per heavy atom. The number of carbonyl (C=O) groups excluding carboxylic acids is 1. The van der Waals surface area contributed by atoms with Crippen molar-refractivity contribution in [2.45, 2.75) is 26.6 Å². The Labute approximate surface area is 64.2 Å². The molecule has 0 unspecified atom stereocenters. The van der Waals surface area contributed by atoms with Crippen LogP contribution in [0.2, 0.25) is 19.6 Å². The molecule has 0 aliphatic carbocycles. The Balaban J connectivity index is 3.80. The zero-order valence-electron chi connectivity index (χ0n) is 7.56. The molecule has 0 N–H and O–H groups in total. The Bertz CT molecular complexity index is 128. The summed E-state index contributed by atoms with van der Waals surface area (Å²) in [6.07, 6.45) is 0.961.